The molecule has 1 aliphatic carbocycles. The Kier molecular flexibility index (Phi) is 5.25. The third-order valence-corrected chi connectivity index (χ3v) is 8.25. The quantitative estimate of drug-likeness (QED) is 0.413. The molecule has 1 fully saturated rings. The molecule has 3 aromatic carbocycles. The van der Waals surface area contributed by atoms with Crippen LogP contribution in [0.5, 0.6) is 5.75 Å². The fourth-order valence-corrected chi connectivity index (χ4v) is 6.58. The molecule has 38 heavy (non-hydrogen) atoms. The highest BCUT2D eigenvalue weighted by Gasteiger charge is 2.71. The number of carbonyl (C=O) groups is 3. The van der Waals surface area contributed by atoms with Crippen molar-refractivity contribution in [1.82, 2.24) is 0 Å². The summed E-state index contributed by atoms with van der Waals surface area (Å²) in [4.78, 5) is 45.2. The predicted octanol–water partition coefficient (Wildman–Crippen LogP) is 5.88. The molecule has 3 aliphatic rings. The van der Waals surface area contributed by atoms with Gasteiger partial charge in [-0.25, -0.2) is 4.39 Å². The Morgan fingerprint density at radius 3 is 2.16 bits per heavy atom. The maximum absolute atomic E-state index is 14.5. The van der Waals surface area contributed by atoms with Crippen molar-refractivity contribution in [1.29, 1.82) is 0 Å². The lowest BCUT2D eigenvalue weighted by molar-refractivity contribution is -0.127. The largest absolute Gasteiger partial charge is 0.497 e. The molecule has 0 aromatic heterocycles. The van der Waals surface area contributed by atoms with Crippen LogP contribution >= 0.6 is 0 Å². The molecule has 1 saturated heterocycles. The number of Topliss-reactive ketones (excluding diaryl/α,β-unsaturated/α-hetero) is 3. The van der Waals surface area contributed by atoms with Gasteiger partial charge in [0.05, 0.1) is 19.2 Å². The zero-order valence-corrected chi connectivity index (χ0v) is 21.7. The minimum absolute atomic E-state index is 0.0951. The van der Waals surface area contributed by atoms with Gasteiger partial charge in [0.1, 0.15) is 17.0 Å². The Morgan fingerprint density at radius 1 is 0.947 bits per heavy atom. The van der Waals surface area contributed by atoms with Gasteiger partial charge < -0.3 is 9.64 Å². The van der Waals surface area contributed by atoms with Gasteiger partial charge >= 0.3 is 0 Å². The average molecular weight is 510 g/mol. The number of ketones is 3. The minimum Gasteiger partial charge on any atom is -0.497 e. The summed E-state index contributed by atoms with van der Waals surface area (Å²) in [5.41, 5.74) is 0.351. The minimum atomic E-state index is -1.56. The number of fused-ring (bicyclic) bond motifs is 5. The Bertz CT molecular complexity index is 1500. The van der Waals surface area contributed by atoms with Crippen molar-refractivity contribution in [2.24, 2.45) is 10.8 Å². The summed E-state index contributed by atoms with van der Waals surface area (Å²) in [6.45, 7) is 5.54. The molecular formula is C32H28FNO4. The van der Waals surface area contributed by atoms with Crippen LogP contribution < -0.4 is 9.64 Å². The Morgan fingerprint density at radius 2 is 1.58 bits per heavy atom. The predicted molar refractivity (Wildman–Crippen MR) is 143 cm³/mol. The summed E-state index contributed by atoms with van der Waals surface area (Å²) in [7, 11) is 1.57. The van der Waals surface area contributed by atoms with Crippen LogP contribution in [-0.2, 0) is 4.79 Å². The summed E-state index contributed by atoms with van der Waals surface area (Å²) in [5.74, 6) is -1.21. The van der Waals surface area contributed by atoms with Crippen molar-refractivity contribution in [3.63, 3.8) is 0 Å². The molecule has 192 valence electrons. The van der Waals surface area contributed by atoms with Gasteiger partial charge in [0.2, 0.25) is 0 Å². The molecule has 1 spiro atoms. The summed E-state index contributed by atoms with van der Waals surface area (Å²) < 4.78 is 19.6. The zero-order chi connectivity index (χ0) is 27.0. The van der Waals surface area contributed by atoms with Crippen LogP contribution in [0.2, 0.25) is 0 Å². The van der Waals surface area contributed by atoms with Gasteiger partial charge in [-0.15, -0.1) is 0 Å². The van der Waals surface area contributed by atoms with Crippen molar-refractivity contribution in [2.45, 2.75) is 38.8 Å². The molecule has 2 aliphatic heterocycles. The summed E-state index contributed by atoms with van der Waals surface area (Å²) >= 11 is 0. The van der Waals surface area contributed by atoms with Crippen LogP contribution in [0.3, 0.4) is 0 Å². The molecule has 0 amide bonds. The molecule has 0 N–H and O–H groups in total. The van der Waals surface area contributed by atoms with E-state index in [9.17, 15) is 18.8 Å². The van der Waals surface area contributed by atoms with E-state index in [1.54, 1.807) is 61.7 Å². The van der Waals surface area contributed by atoms with Crippen molar-refractivity contribution in [3.8, 4) is 5.75 Å². The molecule has 0 bridgehead atoms. The van der Waals surface area contributed by atoms with Crippen LogP contribution in [-0.4, -0.2) is 36.5 Å². The molecule has 6 rings (SSSR count). The van der Waals surface area contributed by atoms with E-state index in [4.69, 9.17) is 4.74 Å². The average Bonchev–Trinajstić information content (AvgIpc) is 3.33. The van der Waals surface area contributed by atoms with Crippen LogP contribution in [0, 0.1) is 16.6 Å². The first-order valence-corrected chi connectivity index (χ1v) is 12.7. The highest BCUT2D eigenvalue weighted by Crippen LogP contribution is 2.61. The number of rotatable bonds is 3. The molecule has 6 heteroatoms. The highest BCUT2D eigenvalue weighted by atomic mass is 19.1. The fourth-order valence-electron chi connectivity index (χ4n) is 6.58. The number of hydrogen-bond acceptors (Lipinski definition) is 5. The maximum atomic E-state index is 14.5. The molecular weight excluding hydrogens is 481 g/mol. The van der Waals surface area contributed by atoms with E-state index in [-0.39, 0.29) is 17.3 Å². The van der Waals surface area contributed by atoms with Crippen molar-refractivity contribution < 1.29 is 23.5 Å². The third kappa shape index (κ3) is 3.12. The van der Waals surface area contributed by atoms with Crippen LogP contribution in [0.25, 0.3) is 6.08 Å². The van der Waals surface area contributed by atoms with Crippen molar-refractivity contribution in [2.75, 3.05) is 12.0 Å². The summed E-state index contributed by atoms with van der Waals surface area (Å²) in [6.07, 6.45) is 3.57. The Labute approximate surface area is 220 Å². The van der Waals surface area contributed by atoms with Gasteiger partial charge in [-0.3, -0.25) is 14.4 Å². The summed E-state index contributed by atoms with van der Waals surface area (Å²) in [6, 6.07) is 17.0. The molecule has 2 heterocycles. The number of ether oxygens (including phenoxy) is 1. The number of anilines is 1. The van der Waals surface area contributed by atoms with E-state index < -0.39 is 34.6 Å². The Balaban J connectivity index is 1.69. The Hall–Kier alpha value is -4.06. The van der Waals surface area contributed by atoms with Gasteiger partial charge in [0.15, 0.2) is 17.3 Å². The smallest absolute Gasteiger partial charge is 0.180 e. The van der Waals surface area contributed by atoms with Crippen molar-refractivity contribution in [3.05, 3.63) is 101 Å². The van der Waals surface area contributed by atoms with Crippen LogP contribution in [0.1, 0.15) is 58.5 Å². The number of hydrogen-bond donors (Lipinski definition) is 0. The van der Waals surface area contributed by atoms with Gasteiger partial charge in [-0.05, 0) is 35.9 Å². The van der Waals surface area contributed by atoms with Gasteiger partial charge in [0.25, 0.3) is 0 Å². The van der Waals surface area contributed by atoms with Gasteiger partial charge in [-0.2, -0.15) is 0 Å². The van der Waals surface area contributed by atoms with Crippen LogP contribution in [0.4, 0.5) is 10.1 Å². The van der Waals surface area contributed by atoms with Gasteiger partial charge in [0, 0.05) is 33.7 Å². The van der Waals surface area contributed by atoms with E-state index in [1.165, 1.54) is 12.1 Å². The monoisotopic (exact) mass is 509 g/mol. The van der Waals surface area contributed by atoms with E-state index in [0.29, 0.717) is 33.7 Å². The normalized spacial score (nSPS) is 22.9. The molecule has 3 aromatic rings. The SMILES string of the molecule is COc1ccc([C@H]2[C@H](C(=O)C(C)(C)C)N3c4ccc(F)cc4C=C[C@@H]3C23C(=O)c2ccccc2C3=O)cc1. The third-order valence-electron chi connectivity index (χ3n) is 8.25. The topological polar surface area (TPSA) is 63.7 Å². The zero-order valence-electron chi connectivity index (χ0n) is 21.7. The highest BCUT2D eigenvalue weighted by molar-refractivity contribution is 6.32. The second-order valence-corrected chi connectivity index (χ2v) is 11.3. The number of methoxy groups -OCH3 is 1. The number of benzene rings is 3. The first-order chi connectivity index (χ1) is 18.1. The first kappa shape index (κ1) is 24.3. The standard InChI is InChI=1S/C32H28FNO4/c1-31(2,3)30(37)27-26(18-9-13-21(38-4)14-10-18)32(28(35)22-7-5-6-8-23(22)29(32)36)25-16-11-19-17-20(33)12-15-24(19)34(25)27/h5-17,25-27H,1-4H3/t25-,26+,27-/m1/s1. The molecule has 0 saturated carbocycles. The number of halogens is 1. The second kappa shape index (κ2) is 8.22. The van der Waals surface area contributed by atoms with E-state index in [1.807, 2.05) is 37.8 Å². The fraction of sp³-hybridized carbons (Fsp3) is 0.281. The number of carbonyl (C=O) groups excluding carboxylic acids is 3. The van der Waals surface area contributed by atoms with Crippen molar-refractivity contribution >= 4 is 29.1 Å². The molecule has 3 atom stereocenters. The van der Waals surface area contributed by atoms with Gasteiger partial charge in [-0.1, -0.05) is 69.3 Å². The molecule has 5 nitrogen and oxygen atoms in total. The number of nitrogens with zero attached hydrogens (tertiary/aromatic N) is 1. The molecule has 0 unspecified atom stereocenters. The lowest BCUT2D eigenvalue weighted by Crippen LogP contribution is -2.49. The lowest BCUT2D eigenvalue weighted by Gasteiger charge is -2.38. The lowest BCUT2D eigenvalue weighted by atomic mass is 9.63. The van der Waals surface area contributed by atoms with E-state index in [2.05, 4.69) is 0 Å². The molecule has 0 radical (unpaired) electrons. The maximum Gasteiger partial charge on any atom is 0.180 e. The first-order valence-electron chi connectivity index (χ1n) is 12.7. The second-order valence-electron chi connectivity index (χ2n) is 11.3. The summed E-state index contributed by atoms with van der Waals surface area (Å²) in [5, 5.41) is 0. The van der Waals surface area contributed by atoms with Crippen LogP contribution in [0.15, 0.2) is 72.8 Å². The van der Waals surface area contributed by atoms with E-state index in [0.717, 1.165) is 0 Å². The van der Waals surface area contributed by atoms with E-state index >= 15 is 0 Å².